The van der Waals surface area contributed by atoms with Gasteiger partial charge in [-0.1, -0.05) is 20.8 Å². The fourth-order valence-electron chi connectivity index (χ4n) is 1.37. The highest BCUT2D eigenvalue weighted by Gasteiger charge is 2.14. The zero-order chi connectivity index (χ0) is 12.3. The van der Waals surface area contributed by atoms with Crippen LogP contribution in [-0.2, 0) is 6.54 Å². The number of aromatic carboxylic acids is 1. The van der Waals surface area contributed by atoms with E-state index in [1.807, 2.05) is 0 Å². The Morgan fingerprint density at radius 3 is 2.56 bits per heavy atom. The Kier molecular flexibility index (Phi) is 3.75. The van der Waals surface area contributed by atoms with Crippen molar-refractivity contribution in [3.05, 3.63) is 23.2 Å². The molecule has 16 heavy (non-hydrogen) atoms. The van der Waals surface area contributed by atoms with Crippen LogP contribution in [0.25, 0.3) is 0 Å². The summed E-state index contributed by atoms with van der Waals surface area (Å²) in [5.74, 6) is -0.353. The standard InChI is InChI=1S/C12H19NO3/c1-8-9(5-10(16-8)11(14)15)6-13-7-12(2,3)4/h5,13H,6-7H2,1-4H3,(H,14,15). The van der Waals surface area contributed by atoms with Gasteiger partial charge in [-0.05, 0) is 18.4 Å². The maximum absolute atomic E-state index is 10.7. The number of carboxylic acids is 1. The molecule has 4 nitrogen and oxygen atoms in total. The fourth-order valence-corrected chi connectivity index (χ4v) is 1.37. The zero-order valence-corrected chi connectivity index (χ0v) is 10.3. The Labute approximate surface area is 95.7 Å². The minimum absolute atomic E-state index is 0.00468. The Morgan fingerprint density at radius 1 is 1.50 bits per heavy atom. The summed E-state index contributed by atoms with van der Waals surface area (Å²) in [5.41, 5.74) is 1.12. The monoisotopic (exact) mass is 225 g/mol. The largest absolute Gasteiger partial charge is 0.475 e. The molecule has 0 aromatic carbocycles. The van der Waals surface area contributed by atoms with Gasteiger partial charge in [0.05, 0.1) is 0 Å². The van der Waals surface area contributed by atoms with Gasteiger partial charge in [-0.15, -0.1) is 0 Å². The second-order valence-corrected chi connectivity index (χ2v) is 5.16. The molecule has 90 valence electrons. The fraction of sp³-hybridized carbons (Fsp3) is 0.583. The molecule has 1 heterocycles. The molecule has 0 unspecified atom stereocenters. The van der Waals surface area contributed by atoms with Gasteiger partial charge in [0.1, 0.15) is 5.76 Å². The van der Waals surface area contributed by atoms with Crippen molar-refractivity contribution in [2.75, 3.05) is 6.54 Å². The Bertz CT molecular complexity index is 374. The van der Waals surface area contributed by atoms with Crippen LogP contribution < -0.4 is 5.32 Å². The molecule has 0 saturated heterocycles. The van der Waals surface area contributed by atoms with Gasteiger partial charge < -0.3 is 14.8 Å². The lowest BCUT2D eigenvalue weighted by molar-refractivity contribution is 0.0661. The van der Waals surface area contributed by atoms with Gasteiger partial charge >= 0.3 is 5.97 Å². The molecule has 0 aliphatic carbocycles. The molecule has 4 heteroatoms. The number of furan rings is 1. The van der Waals surface area contributed by atoms with Crippen LogP contribution in [0, 0.1) is 12.3 Å². The van der Waals surface area contributed by atoms with Crippen LogP contribution in [0.5, 0.6) is 0 Å². The molecular weight excluding hydrogens is 206 g/mol. The van der Waals surface area contributed by atoms with Crippen molar-refractivity contribution in [3.8, 4) is 0 Å². The summed E-state index contributed by atoms with van der Waals surface area (Å²) in [6.45, 7) is 9.72. The first-order valence-corrected chi connectivity index (χ1v) is 5.33. The lowest BCUT2D eigenvalue weighted by Crippen LogP contribution is -2.26. The Balaban J connectivity index is 2.58. The van der Waals surface area contributed by atoms with Crippen molar-refractivity contribution in [1.29, 1.82) is 0 Å². The number of hydrogen-bond donors (Lipinski definition) is 2. The molecule has 0 aliphatic rings. The van der Waals surface area contributed by atoms with Gasteiger partial charge in [0.2, 0.25) is 5.76 Å². The van der Waals surface area contributed by atoms with Crippen LogP contribution >= 0.6 is 0 Å². The van der Waals surface area contributed by atoms with Crippen molar-refractivity contribution < 1.29 is 14.3 Å². The summed E-state index contributed by atoms with van der Waals surface area (Å²) in [4.78, 5) is 10.7. The molecule has 0 aliphatic heterocycles. The average Bonchev–Trinajstić information content (AvgIpc) is 2.46. The van der Waals surface area contributed by atoms with E-state index in [4.69, 9.17) is 9.52 Å². The number of nitrogens with one attached hydrogen (secondary N) is 1. The molecule has 0 bridgehead atoms. The molecule has 1 rings (SSSR count). The quantitative estimate of drug-likeness (QED) is 0.826. The van der Waals surface area contributed by atoms with E-state index >= 15 is 0 Å². The third-order valence-electron chi connectivity index (χ3n) is 2.20. The van der Waals surface area contributed by atoms with Crippen LogP contribution in [0.1, 0.15) is 42.6 Å². The number of hydrogen-bond acceptors (Lipinski definition) is 3. The Hall–Kier alpha value is -1.29. The summed E-state index contributed by atoms with van der Waals surface area (Å²) in [5, 5.41) is 12.0. The van der Waals surface area contributed by atoms with Crippen LogP contribution in [0.4, 0.5) is 0 Å². The van der Waals surface area contributed by atoms with Gasteiger partial charge in [0.15, 0.2) is 0 Å². The first-order valence-electron chi connectivity index (χ1n) is 5.33. The molecule has 0 fully saturated rings. The molecule has 1 aromatic heterocycles. The number of carboxylic acid groups (broad SMARTS) is 1. The van der Waals surface area contributed by atoms with E-state index < -0.39 is 5.97 Å². The van der Waals surface area contributed by atoms with Crippen molar-refractivity contribution in [3.63, 3.8) is 0 Å². The van der Waals surface area contributed by atoms with Crippen LogP contribution in [0.15, 0.2) is 10.5 Å². The van der Waals surface area contributed by atoms with Crippen molar-refractivity contribution in [2.24, 2.45) is 5.41 Å². The van der Waals surface area contributed by atoms with Gasteiger partial charge in [0.25, 0.3) is 0 Å². The normalized spacial score (nSPS) is 11.8. The molecule has 0 saturated carbocycles. The summed E-state index contributed by atoms with van der Waals surface area (Å²) in [6, 6.07) is 1.58. The maximum Gasteiger partial charge on any atom is 0.371 e. The van der Waals surface area contributed by atoms with Gasteiger partial charge in [-0.3, -0.25) is 0 Å². The van der Waals surface area contributed by atoms with Crippen molar-refractivity contribution >= 4 is 5.97 Å². The van der Waals surface area contributed by atoms with Crippen molar-refractivity contribution in [2.45, 2.75) is 34.2 Å². The van der Waals surface area contributed by atoms with E-state index in [1.165, 1.54) is 0 Å². The third-order valence-corrected chi connectivity index (χ3v) is 2.20. The highest BCUT2D eigenvalue weighted by atomic mass is 16.4. The minimum Gasteiger partial charge on any atom is -0.475 e. The van der Waals surface area contributed by atoms with Crippen LogP contribution in [0.2, 0.25) is 0 Å². The highest BCUT2D eigenvalue weighted by Crippen LogP contribution is 2.15. The summed E-state index contributed by atoms with van der Waals surface area (Å²) >= 11 is 0. The van der Waals surface area contributed by atoms with Gasteiger partial charge in [-0.25, -0.2) is 4.79 Å². The lowest BCUT2D eigenvalue weighted by atomic mass is 9.97. The summed E-state index contributed by atoms with van der Waals surface area (Å²) < 4.78 is 5.12. The smallest absolute Gasteiger partial charge is 0.371 e. The predicted molar refractivity (Wildman–Crippen MR) is 61.6 cm³/mol. The second kappa shape index (κ2) is 4.70. The van der Waals surface area contributed by atoms with E-state index in [-0.39, 0.29) is 11.2 Å². The minimum atomic E-state index is -1.02. The SMILES string of the molecule is Cc1oc(C(=O)O)cc1CNCC(C)(C)C. The number of rotatable bonds is 4. The predicted octanol–water partition coefficient (Wildman–Crippen LogP) is 2.42. The van der Waals surface area contributed by atoms with E-state index in [0.717, 1.165) is 12.1 Å². The zero-order valence-electron chi connectivity index (χ0n) is 10.3. The van der Waals surface area contributed by atoms with E-state index in [2.05, 4.69) is 26.1 Å². The van der Waals surface area contributed by atoms with Gasteiger partial charge in [-0.2, -0.15) is 0 Å². The van der Waals surface area contributed by atoms with E-state index in [0.29, 0.717) is 12.3 Å². The van der Waals surface area contributed by atoms with Crippen LogP contribution in [-0.4, -0.2) is 17.6 Å². The maximum atomic E-state index is 10.7. The lowest BCUT2D eigenvalue weighted by Gasteiger charge is -2.18. The number of carbonyl (C=O) groups is 1. The van der Waals surface area contributed by atoms with Gasteiger partial charge in [0, 0.05) is 18.7 Å². The summed E-state index contributed by atoms with van der Waals surface area (Å²) in [7, 11) is 0. The second-order valence-electron chi connectivity index (χ2n) is 5.16. The summed E-state index contributed by atoms with van der Waals surface area (Å²) in [6.07, 6.45) is 0. The van der Waals surface area contributed by atoms with E-state index in [9.17, 15) is 4.79 Å². The molecule has 1 aromatic rings. The first-order chi connectivity index (χ1) is 7.29. The molecular formula is C12H19NO3. The third kappa shape index (κ3) is 3.70. The molecule has 0 radical (unpaired) electrons. The topological polar surface area (TPSA) is 62.5 Å². The Morgan fingerprint density at radius 2 is 2.12 bits per heavy atom. The molecule has 0 atom stereocenters. The molecule has 2 N–H and O–H groups in total. The van der Waals surface area contributed by atoms with Crippen molar-refractivity contribution in [1.82, 2.24) is 5.32 Å². The average molecular weight is 225 g/mol. The van der Waals surface area contributed by atoms with Crippen LogP contribution in [0.3, 0.4) is 0 Å². The van der Waals surface area contributed by atoms with E-state index in [1.54, 1.807) is 13.0 Å². The highest BCUT2D eigenvalue weighted by molar-refractivity contribution is 5.84. The number of aryl methyl sites for hydroxylation is 1. The molecule has 0 amide bonds. The molecule has 0 spiro atoms. The first kappa shape index (κ1) is 12.8.